The van der Waals surface area contributed by atoms with Gasteiger partial charge in [0.15, 0.2) is 11.6 Å². The summed E-state index contributed by atoms with van der Waals surface area (Å²) >= 11 is 0. The van der Waals surface area contributed by atoms with Gasteiger partial charge in [0.2, 0.25) is 5.91 Å². The van der Waals surface area contributed by atoms with Crippen molar-refractivity contribution in [3.05, 3.63) is 35.7 Å². The number of aryl methyl sites for hydroxylation is 2. The van der Waals surface area contributed by atoms with Crippen LogP contribution in [-0.2, 0) is 17.8 Å². The minimum absolute atomic E-state index is 0.0335. The van der Waals surface area contributed by atoms with Gasteiger partial charge in [-0.15, -0.1) is 0 Å². The van der Waals surface area contributed by atoms with Crippen LogP contribution < -0.4 is 5.73 Å². The number of aromatic amines is 1. The van der Waals surface area contributed by atoms with Crippen LogP contribution >= 0.6 is 0 Å². The normalized spacial score (nSPS) is 17.8. The monoisotopic (exact) mass is 503 g/mol. The maximum absolute atomic E-state index is 12.2. The number of carbonyl (C=O) groups is 1. The quantitative estimate of drug-likeness (QED) is 0.396. The average Bonchev–Trinajstić information content (AvgIpc) is 3.69. The molecule has 2 fully saturated rings. The zero-order chi connectivity index (χ0) is 25.6. The van der Waals surface area contributed by atoms with Crippen LogP contribution in [0.3, 0.4) is 0 Å². The van der Waals surface area contributed by atoms with Crippen LogP contribution in [0.4, 0.5) is 0 Å². The van der Waals surface area contributed by atoms with Crippen molar-refractivity contribution in [3.8, 4) is 22.9 Å². The van der Waals surface area contributed by atoms with Crippen LogP contribution in [0.5, 0.6) is 0 Å². The molecule has 37 heavy (non-hydrogen) atoms. The highest BCUT2D eigenvalue weighted by molar-refractivity contribution is 6.02. The van der Waals surface area contributed by atoms with Crippen molar-refractivity contribution in [2.75, 3.05) is 26.2 Å². The molecule has 0 bridgehead atoms. The predicted octanol–water partition coefficient (Wildman–Crippen LogP) is 2.76. The number of primary amides is 1. The van der Waals surface area contributed by atoms with Crippen LogP contribution in [0.2, 0.25) is 0 Å². The lowest BCUT2D eigenvalue weighted by Crippen LogP contribution is -2.51. The summed E-state index contributed by atoms with van der Waals surface area (Å²) in [4.78, 5) is 19.5. The lowest BCUT2D eigenvalue weighted by molar-refractivity contribution is -0.105. The third-order valence-electron chi connectivity index (χ3n) is 7.69. The molecule has 11 heteroatoms. The first-order valence-corrected chi connectivity index (χ1v) is 13.1. The van der Waals surface area contributed by atoms with E-state index in [2.05, 4.69) is 25.3 Å². The molecule has 11 nitrogen and oxygen atoms in total. The Hall–Kier alpha value is -3.57. The topological polar surface area (TPSA) is 133 Å². The highest BCUT2D eigenvalue weighted by Gasteiger charge is 2.39. The smallest absolute Gasteiger partial charge is 0.248 e. The number of morpholine rings is 1. The third kappa shape index (κ3) is 4.42. The largest absolute Gasteiger partial charge is 0.372 e. The van der Waals surface area contributed by atoms with Gasteiger partial charge in [-0.1, -0.05) is 12.8 Å². The molecule has 6 rings (SSSR count). The molecule has 4 heterocycles. The Kier molecular flexibility index (Phi) is 6.04. The van der Waals surface area contributed by atoms with E-state index in [-0.39, 0.29) is 5.60 Å². The SMILES string of the molecule is CCn1nc(C)cc1-c1nc(-c2cc(C(N)=O)cc3c2cnn3CCN2CCOC3(CCCC3)C2)n[nH]1. The molecule has 3 aromatic heterocycles. The molecule has 4 aromatic rings. The summed E-state index contributed by atoms with van der Waals surface area (Å²) in [6.07, 6.45) is 6.62. The highest BCUT2D eigenvalue weighted by Crippen LogP contribution is 2.36. The second-order valence-electron chi connectivity index (χ2n) is 10.2. The molecule has 1 spiro atoms. The molecule has 0 radical (unpaired) electrons. The molecule has 194 valence electrons. The van der Waals surface area contributed by atoms with Crippen molar-refractivity contribution < 1.29 is 9.53 Å². The summed E-state index contributed by atoms with van der Waals surface area (Å²) in [7, 11) is 0. The number of rotatable bonds is 7. The number of fused-ring (bicyclic) bond motifs is 1. The summed E-state index contributed by atoms with van der Waals surface area (Å²) in [6, 6.07) is 5.54. The summed E-state index contributed by atoms with van der Waals surface area (Å²) in [5, 5.41) is 17.6. The number of nitrogens with one attached hydrogen (secondary N) is 1. The van der Waals surface area contributed by atoms with Crippen LogP contribution in [0.15, 0.2) is 24.4 Å². The van der Waals surface area contributed by atoms with Crippen molar-refractivity contribution in [2.45, 2.75) is 58.2 Å². The standard InChI is InChI=1S/C26H33N9O2/c1-3-34-22(12-17(2)32-34)25-29-24(30-31-25)19-13-18(23(27)36)14-21-20(19)15-28-35(21)9-8-33-10-11-37-26(16-33)6-4-5-7-26/h12-15H,3-11,16H2,1-2H3,(H2,27,36)(H,29,30,31). The number of amides is 1. The molecule has 1 aliphatic carbocycles. The van der Waals surface area contributed by atoms with Gasteiger partial charge in [0, 0.05) is 42.7 Å². The maximum atomic E-state index is 12.2. The van der Waals surface area contributed by atoms with E-state index in [1.165, 1.54) is 12.8 Å². The van der Waals surface area contributed by atoms with Crippen molar-refractivity contribution in [3.63, 3.8) is 0 Å². The van der Waals surface area contributed by atoms with Crippen LogP contribution in [0.1, 0.15) is 48.7 Å². The van der Waals surface area contributed by atoms with Gasteiger partial charge in [-0.05, 0) is 44.9 Å². The third-order valence-corrected chi connectivity index (χ3v) is 7.69. The van der Waals surface area contributed by atoms with E-state index < -0.39 is 5.91 Å². The second-order valence-corrected chi connectivity index (χ2v) is 10.2. The second kappa shape index (κ2) is 9.38. The lowest BCUT2D eigenvalue weighted by atomic mass is 10.00. The minimum atomic E-state index is -0.498. The first-order valence-electron chi connectivity index (χ1n) is 13.1. The number of nitrogens with two attached hydrogens (primary N) is 1. The number of hydrogen-bond acceptors (Lipinski definition) is 7. The Morgan fingerprint density at radius 1 is 1.19 bits per heavy atom. The summed E-state index contributed by atoms with van der Waals surface area (Å²) in [5.41, 5.74) is 9.49. The lowest BCUT2D eigenvalue weighted by Gasteiger charge is -2.40. The Morgan fingerprint density at radius 3 is 2.81 bits per heavy atom. The molecular formula is C26H33N9O2. The fraction of sp³-hybridized carbons (Fsp3) is 0.500. The molecule has 1 saturated carbocycles. The van der Waals surface area contributed by atoms with E-state index >= 15 is 0 Å². The number of benzene rings is 1. The number of aromatic nitrogens is 7. The van der Waals surface area contributed by atoms with Crippen LogP contribution in [0, 0.1) is 6.92 Å². The molecule has 0 unspecified atom stereocenters. The summed E-state index contributed by atoms with van der Waals surface area (Å²) in [6.45, 7) is 8.94. The number of ether oxygens (including phenoxy) is 1. The molecule has 1 aromatic carbocycles. The van der Waals surface area contributed by atoms with Gasteiger partial charge >= 0.3 is 0 Å². The van der Waals surface area contributed by atoms with Gasteiger partial charge in [-0.25, -0.2) is 4.98 Å². The fourth-order valence-electron chi connectivity index (χ4n) is 5.83. The first kappa shape index (κ1) is 23.8. The summed E-state index contributed by atoms with van der Waals surface area (Å²) in [5.74, 6) is 0.610. The first-order chi connectivity index (χ1) is 17.9. The van der Waals surface area contributed by atoms with Gasteiger partial charge in [0.25, 0.3) is 0 Å². The van der Waals surface area contributed by atoms with Crippen molar-refractivity contribution >= 4 is 16.8 Å². The molecule has 0 atom stereocenters. The zero-order valence-corrected chi connectivity index (χ0v) is 21.4. The molecule has 1 amide bonds. The zero-order valence-electron chi connectivity index (χ0n) is 21.4. The van der Waals surface area contributed by atoms with Crippen LogP contribution in [-0.4, -0.2) is 77.4 Å². The van der Waals surface area contributed by atoms with Gasteiger partial charge in [0.05, 0.1) is 36.2 Å². The molecular weight excluding hydrogens is 470 g/mol. The maximum Gasteiger partial charge on any atom is 0.248 e. The van der Waals surface area contributed by atoms with E-state index in [0.29, 0.717) is 23.8 Å². The molecule has 3 N–H and O–H groups in total. The van der Waals surface area contributed by atoms with E-state index in [0.717, 1.165) is 73.5 Å². The number of carbonyl (C=O) groups excluding carboxylic acids is 1. The minimum Gasteiger partial charge on any atom is -0.372 e. The van der Waals surface area contributed by atoms with Gasteiger partial charge in [-0.2, -0.15) is 15.3 Å². The molecule has 2 aliphatic rings. The van der Waals surface area contributed by atoms with Gasteiger partial charge < -0.3 is 10.5 Å². The highest BCUT2D eigenvalue weighted by atomic mass is 16.5. The average molecular weight is 504 g/mol. The number of H-pyrrole nitrogens is 1. The number of nitrogens with zero attached hydrogens (tertiary/aromatic N) is 7. The fourth-order valence-corrected chi connectivity index (χ4v) is 5.83. The Bertz CT molecular complexity index is 1440. The van der Waals surface area contributed by atoms with E-state index in [9.17, 15) is 4.79 Å². The van der Waals surface area contributed by atoms with E-state index in [4.69, 9.17) is 15.5 Å². The molecule has 1 aliphatic heterocycles. The van der Waals surface area contributed by atoms with Gasteiger partial charge in [0.1, 0.15) is 5.69 Å². The van der Waals surface area contributed by atoms with Crippen LogP contribution in [0.25, 0.3) is 33.8 Å². The summed E-state index contributed by atoms with van der Waals surface area (Å²) < 4.78 is 10.0. The van der Waals surface area contributed by atoms with Crippen molar-refractivity contribution in [1.82, 2.24) is 39.6 Å². The van der Waals surface area contributed by atoms with Crippen molar-refractivity contribution in [2.24, 2.45) is 5.73 Å². The van der Waals surface area contributed by atoms with Gasteiger partial charge in [-0.3, -0.25) is 24.2 Å². The Labute approximate surface area is 215 Å². The Balaban J connectivity index is 1.30. The van der Waals surface area contributed by atoms with Crippen molar-refractivity contribution in [1.29, 1.82) is 0 Å². The molecule has 1 saturated heterocycles. The number of hydrogen-bond donors (Lipinski definition) is 2. The Morgan fingerprint density at radius 2 is 2.03 bits per heavy atom. The predicted molar refractivity (Wildman–Crippen MR) is 139 cm³/mol. The van der Waals surface area contributed by atoms with E-state index in [1.54, 1.807) is 6.07 Å². The van der Waals surface area contributed by atoms with E-state index in [1.807, 2.05) is 41.5 Å².